The summed E-state index contributed by atoms with van der Waals surface area (Å²) in [5.74, 6) is -0.518. The molecule has 1 fully saturated rings. The van der Waals surface area contributed by atoms with Crippen molar-refractivity contribution in [3.8, 4) is 11.5 Å². The summed E-state index contributed by atoms with van der Waals surface area (Å²) < 4.78 is 45.7. The first-order valence-corrected chi connectivity index (χ1v) is 9.32. The van der Waals surface area contributed by atoms with Gasteiger partial charge in [0.1, 0.15) is 23.9 Å². The fraction of sp³-hybridized carbons (Fsp3) is 0.316. The summed E-state index contributed by atoms with van der Waals surface area (Å²) in [6.07, 6.45) is -1.69. The summed E-state index contributed by atoms with van der Waals surface area (Å²) in [7, 11) is 0. The number of anilines is 1. The lowest BCUT2D eigenvalue weighted by molar-refractivity contribution is -0.274. The number of pyridine rings is 1. The van der Waals surface area contributed by atoms with Gasteiger partial charge in [0, 0.05) is 23.7 Å². The molecule has 1 aromatic carbocycles. The first-order chi connectivity index (χ1) is 14.2. The average molecular weight is 444 g/mol. The predicted molar refractivity (Wildman–Crippen MR) is 102 cm³/mol. The highest BCUT2D eigenvalue weighted by molar-refractivity contribution is 6.32. The van der Waals surface area contributed by atoms with Gasteiger partial charge in [-0.05, 0) is 37.1 Å². The Morgan fingerprint density at radius 3 is 2.63 bits per heavy atom. The van der Waals surface area contributed by atoms with E-state index < -0.39 is 18.0 Å². The van der Waals surface area contributed by atoms with Gasteiger partial charge >= 0.3 is 6.36 Å². The van der Waals surface area contributed by atoms with Crippen LogP contribution in [-0.4, -0.2) is 36.3 Å². The summed E-state index contributed by atoms with van der Waals surface area (Å²) in [4.78, 5) is 28.0. The van der Waals surface area contributed by atoms with Crippen LogP contribution in [0.25, 0.3) is 0 Å². The second-order valence-corrected chi connectivity index (χ2v) is 6.84. The molecule has 0 saturated heterocycles. The molecule has 1 heterocycles. The Morgan fingerprint density at radius 2 is 1.97 bits per heavy atom. The average Bonchev–Trinajstić information content (AvgIpc) is 3.51. The van der Waals surface area contributed by atoms with Crippen molar-refractivity contribution in [3.05, 3.63) is 47.1 Å². The fourth-order valence-corrected chi connectivity index (χ4v) is 2.66. The number of hydrogen-bond acceptors (Lipinski definition) is 5. The number of nitrogens with zero attached hydrogens (tertiary/aromatic N) is 1. The number of aromatic nitrogens is 1. The topological polar surface area (TPSA) is 89.6 Å². The molecule has 30 heavy (non-hydrogen) atoms. The molecule has 0 bridgehead atoms. The van der Waals surface area contributed by atoms with E-state index in [4.69, 9.17) is 16.3 Å². The Hall–Kier alpha value is -3.01. The highest BCUT2D eigenvalue weighted by atomic mass is 35.5. The van der Waals surface area contributed by atoms with Crippen LogP contribution in [0.15, 0.2) is 36.5 Å². The third-order valence-corrected chi connectivity index (χ3v) is 4.30. The van der Waals surface area contributed by atoms with Gasteiger partial charge in [0.05, 0.1) is 11.6 Å². The Labute approximate surface area is 174 Å². The van der Waals surface area contributed by atoms with E-state index in [-0.39, 0.29) is 35.7 Å². The number of carbonyl (C=O) groups is 2. The van der Waals surface area contributed by atoms with E-state index in [9.17, 15) is 22.8 Å². The second-order valence-electron chi connectivity index (χ2n) is 6.44. The third kappa shape index (κ3) is 6.51. The van der Waals surface area contributed by atoms with Crippen molar-refractivity contribution in [1.29, 1.82) is 0 Å². The Kier molecular flexibility index (Phi) is 6.66. The summed E-state index contributed by atoms with van der Waals surface area (Å²) in [5.41, 5.74) is 0.308. The zero-order valence-electron chi connectivity index (χ0n) is 15.5. The van der Waals surface area contributed by atoms with Gasteiger partial charge in [-0.1, -0.05) is 11.6 Å². The number of ether oxygens (including phenoxy) is 2. The lowest BCUT2D eigenvalue weighted by atomic mass is 10.2. The molecule has 7 nitrogen and oxygen atoms in total. The van der Waals surface area contributed by atoms with Crippen molar-refractivity contribution < 1.29 is 32.2 Å². The molecule has 11 heteroatoms. The molecule has 2 N–H and O–H groups in total. The van der Waals surface area contributed by atoms with Crippen LogP contribution in [0, 0.1) is 5.92 Å². The molecular weight excluding hydrogens is 427 g/mol. The first kappa shape index (κ1) is 21.7. The molecule has 0 unspecified atom stereocenters. The number of rotatable bonds is 8. The quantitative estimate of drug-likeness (QED) is 0.606. The van der Waals surface area contributed by atoms with Crippen molar-refractivity contribution in [2.24, 2.45) is 5.92 Å². The lowest BCUT2D eigenvalue weighted by Crippen LogP contribution is -2.28. The predicted octanol–water partition coefficient (Wildman–Crippen LogP) is 3.79. The van der Waals surface area contributed by atoms with Gasteiger partial charge in [-0.25, -0.2) is 4.98 Å². The van der Waals surface area contributed by atoms with E-state index >= 15 is 0 Å². The van der Waals surface area contributed by atoms with Gasteiger partial charge < -0.3 is 20.1 Å². The minimum atomic E-state index is -4.82. The number of hydrogen-bond donors (Lipinski definition) is 2. The molecule has 0 radical (unpaired) electrons. The van der Waals surface area contributed by atoms with Crippen LogP contribution in [0.4, 0.5) is 19.0 Å². The first-order valence-electron chi connectivity index (χ1n) is 8.94. The molecular formula is C19H17ClF3N3O4. The van der Waals surface area contributed by atoms with Crippen LogP contribution in [0.1, 0.15) is 23.2 Å². The van der Waals surface area contributed by atoms with Gasteiger partial charge in [-0.3, -0.25) is 9.59 Å². The van der Waals surface area contributed by atoms with Crippen LogP contribution < -0.4 is 20.1 Å². The Bertz CT molecular complexity index is 935. The summed E-state index contributed by atoms with van der Waals surface area (Å²) in [6, 6.07) is 6.26. The normalized spacial score (nSPS) is 13.5. The SMILES string of the molecule is O=C(NCCOc1ccc(OC(F)(F)F)cc1Cl)c1ccnc(NC(=O)C2CC2)c1. The smallest absolute Gasteiger partial charge is 0.490 e. The Balaban J connectivity index is 1.46. The fourth-order valence-electron chi connectivity index (χ4n) is 2.44. The monoisotopic (exact) mass is 443 g/mol. The van der Waals surface area contributed by atoms with E-state index in [2.05, 4.69) is 20.4 Å². The molecule has 0 atom stereocenters. The van der Waals surface area contributed by atoms with Crippen LogP contribution in [0.5, 0.6) is 11.5 Å². The second kappa shape index (κ2) is 9.21. The number of benzene rings is 1. The zero-order valence-corrected chi connectivity index (χ0v) is 16.2. The summed E-state index contributed by atoms with van der Waals surface area (Å²) >= 11 is 5.88. The van der Waals surface area contributed by atoms with Gasteiger partial charge in [0.15, 0.2) is 0 Å². The molecule has 0 aliphatic heterocycles. The van der Waals surface area contributed by atoms with Crippen molar-refractivity contribution >= 4 is 29.2 Å². The van der Waals surface area contributed by atoms with Crippen LogP contribution in [-0.2, 0) is 4.79 Å². The van der Waals surface area contributed by atoms with E-state index in [0.717, 1.165) is 25.0 Å². The lowest BCUT2D eigenvalue weighted by Gasteiger charge is -2.12. The standard InChI is InChI=1S/C19H17ClF3N3O4/c20-14-10-13(30-19(21,22)23)3-4-15(14)29-8-7-25-17(27)12-5-6-24-16(9-12)26-18(28)11-1-2-11/h3-6,9-11H,1-2,7-8H2,(H,25,27)(H,24,26,28). The molecule has 2 aromatic rings. The third-order valence-electron chi connectivity index (χ3n) is 4.00. The largest absolute Gasteiger partial charge is 0.573 e. The molecule has 1 aromatic heterocycles. The molecule has 1 aliphatic rings. The maximum absolute atomic E-state index is 12.2. The number of alkyl halides is 3. The van der Waals surface area contributed by atoms with Crippen molar-refractivity contribution in [2.45, 2.75) is 19.2 Å². The number of carbonyl (C=O) groups excluding carboxylic acids is 2. The van der Waals surface area contributed by atoms with Crippen LogP contribution >= 0.6 is 11.6 Å². The molecule has 1 aliphatic carbocycles. The molecule has 2 amide bonds. The maximum atomic E-state index is 12.2. The van der Waals surface area contributed by atoms with E-state index in [1.165, 1.54) is 24.4 Å². The number of amides is 2. The molecule has 160 valence electrons. The summed E-state index contributed by atoms with van der Waals surface area (Å²) in [6.45, 7) is 0.142. The molecule has 0 spiro atoms. The van der Waals surface area contributed by atoms with Gasteiger partial charge in [0.25, 0.3) is 5.91 Å². The minimum absolute atomic E-state index is 0.0161. The van der Waals surface area contributed by atoms with E-state index in [1.807, 2.05) is 0 Å². The molecule has 1 saturated carbocycles. The van der Waals surface area contributed by atoms with Gasteiger partial charge in [0.2, 0.25) is 5.91 Å². The van der Waals surface area contributed by atoms with Crippen molar-refractivity contribution in [1.82, 2.24) is 10.3 Å². The van der Waals surface area contributed by atoms with Gasteiger partial charge in [-0.15, -0.1) is 13.2 Å². The van der Waals surface area contributed by atoms with Gasteiger partial charge in [-0.2, -0.15) is 0 Å². The molecule has 3 rings (SSSR count). The van der Waals surface area contributed by atoms with Crippen LogP contribution in [0.3, 0.4) is 0 Å². The minimum Gasteiger partial charge on any atom is -0.490 e. The van der Waals surface area contributed by atoms with E-state index in [0.29, 0.717) is 11.4 Å². The highest BCUT2D eigenvalue weighted by Gasteiger charge is 2.31. The van der Waals surface area contributed by atoms with Crippen molar-refractivity contribution in [3.63, 3.8) is 0 Å². The number of nitrogens with one attached hydrogen (secondary N) is 2. The zero-order chi connectivity index (χ0) is 21.7. The maximum Gasteiger partial charge on any atom is 0.573 e. The Morgan fingerprint density at radius 1 is 1.20 bits per heavy atom. The van der Waals surface area contributed by atoms with E-state index in [1.54, 1.807) is 0 Å². The highest BCUT2D eigenvalue weighted by Crippen LogP contribution is 2.32. The summed E-state index contributed by atoms with van der Waals surface area (Å²) in [5, 5.41) is 5.23. The number of halogens is 4. The van der Waals surface area contributed by atoms with Crippen LogP contribution in [0.2, 0.25) is 5.02 Å². The van der Waals surface area contributed by atoms with Crippen molar-refractivity contribution in [2.75, 3.05) is 18.5 Å².